The lowest BCUT2D eigenvalue weighted by Gasteiger charge is -2.05. The molecule has 0 atom stereocenters. The molecule has 0 fully saturated rings. The Hall–Kier alpha value is -2.63. The molecular formula is C13H13N5O. The van der Waals surface area contributed by atoms with E-state index in [0.29, 0.717) is 5.95 Å². The van der Waals surface area contributed by atoms with Crippen LogP contribution in [-0.2, 0) is 0 Å². The molecule has 0 spiro atoms. The summed E-state index contributed by atoms with van der Waals surface area (Å²) in [6, 6.07) is 7.59. The molecule has 0 aliphatic carbocycles. The van der Waals surface area contributed by atoms with Crippen LogP contribution in [0.2, 0.25) is 0 Å². The van der Waals surface area contributed by atoms with E-state index in [1.165, 1.54) is 0 Å². The van der Waals surface area contributed by atoms with Crippen LogP contribution in [0.3, 0.4) is 0 Å². The number of imidazole rings is 1. The third kappa shape index (κ3) is 2.08. The van der Waals surface area contributed by atoms with Gasteiger partial charge in [-0.05, 0) is 25.1 Å². The van der Waals surface area contributed by atoms with Crippen LogP contribution in [0.5, 0.6) is 0 Å². The predicted molar refractivity (Wildman–Crippen MR) is 74.2 cm³/mol. The first kappa shape index (κ1) is 11.5. The Kier molecular flexibility index (Phi) is 2.56. The van der Waals surface area contributed by atoms with Crippen molar-refractivity contribution in [2.45, 2.75) is 6.92 Å². The molecule has 0 saturated carbocycles. The molecule has 2 aromatic heterocycles. The summed E-state index contributed by atoms with van der Waals surface area (Å²) in [5.41, 5.74) is 3.99. The van der Waals surface area contributed by atoms with E-state index in [1.807, 2.05) is 31.2 Å². The molecule has 0 unspecified atom stereocenters. The molecule has 6 nitrogen and oxygen atoms in total. The SMILES string of the molecule is CNc1nc(C)cc(-c2ccc3[nH]c(=O)[nH]c3c2)n1. The fourth-order valence-corrected chi connectivity index (χ4v) is 2.02. The number of nitrogens with one attached hydrogen (secondary N) is 3. The van der Waals surface area contributed by atoms with Crippen molar-refractivity contribution in [1.29, 1.82) is 0 Å². The van der Waals surface area contributed by atoms with E-state index in [0.717, 1.165) is 28.0 Å². The number of aryl methyl sites for hydroxylation is 1. The van der Waals surface area contributed by atoms with Gasteiger partial charge in [-0.15, -0.1) is 0 Å². The van der Waals surface area contributed by atoms with Crippen LogP contribution in [0.15, 0.2) is 29.1 Å². The van der Waals surface area contributed by atoms with Crippen LogP contribution < -0.4 is 11.0 Å². The van der Waals surface area contributed by atoms with E-state index in [9.17, 15) is 4.79 Å². The Morgan fingerprint density at radius 2 is 1.89 bits per heavy atom. The average Bonchev–Trinajstić information content (AvgIpc) is 2.76. The Bertz CT molecular complexity index is 802. The van der Waals surface area contributed by atoms with Crippen molar-refractivity contribution in [2.24, 2.45) is 0 Å². The minimum atomic E-state index is -0.207. The van der Waals surface area contributed by atoms with Crippen LogP contribution in [0.1, 0.15) is 5.69 Å². The van der Waals surface area contributed by atoms with E-state index in [-0.39, 0.29) is 5.69 Å². The van der Waals surface area contributed by atoms with E-state index < -0.39 is 0 Å². The van der Waals surface area contributed by atoms with Gasteiger partial charge in [0, 0.05) is 18.3 Å². The molecule has 0 radical (unpaired) electrons. The second-order valence-corrected chi connectivity index (χ2v) is 4.31. The highest BCUT2D eigenvalue weighted by atomic mass is 16.1. The lowest BCUT2D eigenvalue weighted by Crippen LogP contribution is -1.99. The Morgan fingerprint density at radius 3 is 2.68 bits per heavy atom. The number of rotatable bonds is 2. The van der Waals surface area contributed by atoms with Gasteiger partial charge in [0.1, 0.15) is 0 Å². The number of anilines is 1. The van der Waals surface area contributed by atoms with Crippen molar-refractivity contribution in [3.8, 4) is 11.3 Å². The lowest BCUT2D eigenvalue weighted by atomic mass is 10.1. The van der Waals surface area contributed by atoms with Gasteiger partial charge in [-0.1, -0.05) is 6.07 Å². The zero-order chi connectivity index (χ0) is 13.4. The third-order valence-corrected chi connectivity index (χ3v) is 2.89. The Balaban J connectivity index is 2.17. The summed E-state index contributed by atoms with van der Waals surface area (Å²) in [4.78, 5) is 25.4. The highest BCUT2D eigenvalue weighted by Crippen LogP contribution is 2.22. The first-order valence-corrected chi connectivity index (χ1v) is 5.91. The maximum atomic E-state index is 11.2. The van der Waals surface area contributed by atoms with Crippen molar-refractivity contribution < 1.29 is 0 Å². The van der Waals surface area contributed by atoms with Crippen LogP contribution in [-0.4, -0.2) is 27.0 Å². The van der Waals surface area contributed by atoms with Crippen molar-refractivity contribution >= 4 is 17.0 Å². The largest absolute Gasteiger partial charge is 0.357 e. The fourth-order valence-electron chi connectivity index (χ4n) is 2.02. The van der Waals surface area contributed by atoms with Crippen LogP contribution in [0.4, 0.5) is 5.95 Å². The van der Waals surface area contributed by atoms with E-state index in [4.69, 9.17) is 0 Å². The van der Waals surface area contributed by atoms with Crippen LogP contribution >= 0.6 is 0 Å². The number of fused-ring (bicyclic) bond motifs is 1. The topological polar surface area (TPSA) is 86.5 Å². The number of H-pyrrole nitrogens is 2. The molecule has 6 heteroatoms. The molecule has 3 N–H and O–H groups in total. The molecule has 3 aromatic rings. The first-order chi connectivity index (χ1) is 9.15. The van der Waals surface area contributed by atoms with Gasteiger partial charge in [-0.25, -0.2) is 14.8 Å². The van der Waals surface area contributed by atoms with Crippen LogP contribution in [0, 0.1) is 6.92 Å². The molecule has 0 aliphatic rings. The molecule has 96 valence electrons. The average molecular weight is 255 g/mol. The van der Waals surface area contributed by atoms with E-state index in [2.05, 4.69) is 25.3 Å². The molecule has 3 rings (SSSR count). The number of hydrogen-bond acceptors (Lipinski definition) is 4. The maximum absolute atomic E-state index is 11.2. The quantitative estimate of drug-likeness (QED) is 0.650. The summed E-state index contributed by atoms with van der Waals surface area (Å²) in [5, 5.41) is 2.93. The van der Waals surface area contributed by atoms with Gasteiger partial charge in [0.05, 0.1) is 16.7 Å². The molecule has 0 bridgehead atoms. The Labute approximate surface area is 108 Å². The molecule has 0 amide bonds. The number of benzene rings is 1. The van der Waals surface area contributed by atoms with E-state index in [1.54, 1.807) is 7.05 Å². The summed E-state index contributed by atoms with van der Waals surface area (Å²) in [7, 11) is 1.78. The van der Waals surface area contributed by atoms with Crippen molar-refractivity contribution in [3.05, 3.63) is 40.4 Å². The minimum absolute atomic E-state index is 0.207. The summed E-state index contributed by atoms with van der Waals surface area (Å²) < 4.78 is 0. The normalized spacial score (nSPS) is 10.8. The predicted octanol–water partition coefficient (Wildman–Crippen LogP) is 1.66. The number of hydrogen-bond donors (Lipinski definition) is 3. The van der Waals surface area contributed by atoms with Crippen molar-refractivity contribution in [2.75, 3.05) is 12.4 Å². The molecule has 0 saturated heterocycles. The summed E-state index contributed by atoms with van der Waals surface area (Å²) in [6.45, 7) is 1.92. The monoisotopic (exact) mass is 255 g/mol. The van der Waals surface area contributed by atoms with Gasteiger partial charge in [0.2, 0.25) is 5.95 Å². The number of aromatic nitrogens is 4. The summed E-state index contributed by atoms with van der Waals surface area (Å²) in [6.07, 6.45) is 0. The molecule has 1 aromatic carbocycles. The van der Waals surface area contributed by atoms with Gasteiger partial charge in [0.15, 0.2) is 0 Å². The van der Waals surface area contributed by atoms with Gasteiger partial charge in [-0.2, -0.15) is 0 Å². The summed E-state index contributed by atoms with van der Waals surface area (Å²) in [5.74, 6) is 0.581. The molecular weight excluding hydrogens is 242 g/mol. The van der Waals surface area contributed by atoms with Crippen LogP contribution in [0.25, 0.3) is 22.3 Å². The second kappa shape index (κ2) is 4.24. The van der Waals surface area contributed by atoms with Gasteiger partial charge < -0.3 is 15.3 Å². The molecule has 19 heavy (non-hydrogen) atoms. The maximum Gasteiger partial charge on any atom is 0.323 e. The fraction of sp³-hybridized carbons (Fsp3) is 0.154. The van der Waals surface area contributed by atoms with Crippen molar-refractivity contribution in [1.82, 2.24) is 19.9 Å². The third-order valence-electron chi connectivity index (χ3n) is 2.89. The number of nitrogens with zero attached hydrogens (tertiary/aromatic N) is 2. The number of aromatic amines is 2. The first-order valence-electron chi connectivity index (χ1n) is 5.91. The zero-order valence-electron chi connectivity index (χ0n) is 10.6. The van der Waals surface area contributed by atoms with Gasteiger partial charge in [0.25, 0.3) is 0 Å². The zero-order valence-corrected chi connectivity index (χ0v) is 10.6. The second-order valence-electron chi connectivity index (χ2n) is 4.31. The van der Waals surface area contributed by atoms with E-state index >= 15 is 0 Å². The smallest absolute Gasteiger partial charge is 0.323 e. The minimum Gasteiger partial charge on any atom is -0.357 e. The lowest BCUT2D eigenvalue weighted by molar-refractivity contribution is 1.10. The Morgan fingerprint density at radius 1 is 1.11 bits per heavy atom. The summed E-state index contributed by atoms with van der Waals surface area (Å²) >= 11 is 0. The molecule has 0 aliphatic heterocycles. The highest BCUT2D eigenvalue weighted by molar-refractivity contribution is 5.80. The van der Waals surface area contributed by atoms with Gasteiger partial charge >= 0.3 is 5.69 Å². The van der Waals surface area contributed by atoms with Crippen molar-refractivity contribution in [3.63, 3.8) is 0 Å². The van der Waals surface area contributed by atoms with Gasteiger partial charge in [-0.3, -0.25) is 0 Å². The highest BCUT2D eigenvalue weighted by Gasteiger charge is 2.06. The standard InChI is InChI=1S/C13H13N5O/c1-7-5-10(16-12(14-2)15-7)8-3-4-9-11(6-8)18-13(19)17-9/h3-6H,1-2H3,(H,14,15,16)(H2,17,18,19). The molecule has 2 heterocycles.